The van der Waals surface area contributed by atoms with Crippen molar-refractivity contribution in [2.24, 2.45) is 11.3 Å². The van der Waals surface area contributed by atoms with Crippen molar-refractivity contribution in [3.8, 4) is 0 Å². The summed E-state index contributed by atoms with van der Waals surface area (Å²) in [6.45, 7) is 6.37. The van der Waals surface area contributed by atoms with E-state index in [9.17, 15) is 9.59 Å². The summed E-state index contributed by atoms with van der Waals surface area (Å²) in [5, 5.41) is 0. The highest BCUT2D eigenvalue weighted by Crippen LogP contribution is 2.44. The van der Waals surface area contributed by atoms with Crippen LogP contribution in [0.2, 0.25) is 0 Å². The van der Waals surface area contributed by atoms with Crippen molar-refractivity contribution in [2.45, 2.75) is 52.6 Å². The van der Waals surface area contributed by atoms with Crippen molar-refractivity contribution in [2.75, 3.05) is 6.61 Å². The summed E-state index contributed by atoms with van der Waals surface area (Å²) in [6, 6.07) is 17.2. The largest absolute Gasteiger partial charge is 0.465 e. The Balaban J connectivity index is 1.85. The molecule has 0 heterocycles. The maximum Gasteiger partial charge on any atom is 0.338 e. The molecule has 0 saturated heterocycles. The van der Waals surface area contributed by atoms with E-state index in [1.807, 2.05) is 63.2 Å². The second kappa shape index (κ2) is 9.25. The number of aryl methyl sites for hydroxylation is 1. The molecule has 0 aliphatic heterocycles. The molecule has 2 aromatic rings. The number of hydrogen-bond acceptors (Lipinski definition) is 4. The summed E-state index contributed by atoms with van der Waals surface area (Å²) in [6.07, 6.45) is 2.17. The Hall–Kier alpha value is -2.62. The zero-order chi connectivity index (χ0) is 20.9. The van der Waals surface area contributed by atoms with E-state index < -0.39 is 11.5 Å². The molecule has 2 atom stereocenters. The SMILES string of the molecule is Cc1ccc(C(=O)OC2CCCC2(Cc2ccccc2)C(=O)OCC(C)C)cc1. The molecule has 29 heavy (non-hydrogen) atoms. The van der Waals surface area contributed by atoms with E-state index in [0.717, 1.165) is 17.5 Å². The van der Waals surface area contributed by atoms with E-state index in [2.05, 4.69) is 0 Å². The van der Waals surface area contributed by atoms with Crippen LogP contribution in [-0.4, -0.2) is 24.6 Å². The molecular formula is C25H30O4. The van der Waals surface area contributed by atoms with Gasteiger partial charge in [-0.25, -0.2) is 4.79 Å². The Morgan fingerprint density at radius 3 is 2.41 bits per heavy atom. The molecular weight excluding hydrogens is 364 g/mol. The predicted molar refractivity (Wildman–Crippen MR) is 113 cm³/mol. The molecule has 0 N–H and O–H groups in total. The molecule has 0 radical (unpaired) electrons. The fraction of sp³-hybridized carbons (Fsp3) is 0.440. The van der Waals surface area contributed by atoms with Crippen molar-refractivity contribution >= 4 is 11.9 Å². The van der Waals surface area contributed by atoms with Crippen LogP contribution in [0.3, 0.4) is 0 Å². The van der Waals surface area contributed by atoms with Gasteiger partial charge < -0.3 is 9.47 Å². The molecule has 1 fully saturated rings. The fourth-order valence-corrected chi connectivity index (χ4v) is 3.95. The van der Waals surface area contributed by atoms with Crippen LogP contribution in [0.25, 0.3) is 0 Å². The highest BCUT2D eigenvalue weighted by Gasteiger charge is 2.52. The van der Waals surface area contributed by atoms with Crippen LogP contribution in [0.5, 0.6) is 0 Å². The quantitative estimate of drug-likeness (QED) is 0.611. The van der Waals surface area contributed by atoms with Crippen molar-refractivity contribution < 1.29 is 19.1 Å². The number of benzene rings is 2. The van der Waals surface area contributed by atoms with Gasteiger partial charge in [0.1, 0.15) is 11.5 Å². The topological polar surface area (TPSA) is 52.6 Å². The second-order valence-electron chi connectivity index (χ2n) is 8.46. The summed E-state index contributed by atoms with van der Waals surface area (Å²) >= 11 is 0. The molecule has 0 bridgehead atoms. The van der Waals surface area contributed by atoms with E-state index >= 15 is 0 Å². The van der Waals surface area contributed by atoms with Crippen LogP contribution >= 0.6 is 0 Å². The minimum Gasteiger partial charge on any atom is -0.465 e. The molecule has 1 aliphatic rings. The second-order valence-corrected chi connectivity index (χ2v) is 8.46. The number of ether oxygens (including phenoxy) is 2. The summed E-state index contributed by atoms with van der Waals surface area (Å²) in [5.74, 6) is -0.386. The van der Waals surface area contributed by atoms with Crippen LogP contribution in [0.4, 0.5) is 0 Å². The van der Waals surface area contributed by atoms with Crippen molar-refractivity contribution in [3.05, 3.63) is 71.3 Å². The molecule has 2 unspecified atom stereocenters. The van der Waals surface area contributed by atoms with Crippen LogP contribution in [-0.2, 0) is 20.7 Å². The number of carbonyl (C=O) groups is 2. The lowest BCUT2D eigenvalue weighted by Crippen LogP contribution is -2.44. The Bertz CT molecular complexity index is 826. The standard InChI is InChI=1S/C25H30O4/c1-18(2)17-28-24(27)25(16-20-8-5-4-6-9-20)15-7-10-22(25)29-23(26)21-13-11-19(3)12-14-21/h4-6,8-9,11-14,18,22H,7,10,15-17H2,1-3H3. The van der Waals surface area contributed by atoms with Gasteiger partial charge >= 0.3 is 11.9 Å². The zero-order valence-corrected chi connectivity index (χ0v) is 17.5. The molecule has 1 aliphatic carbocycles. The molecule has 0 spiro atoms. The van der Waals surface area contributed by atoms with Gasteiger partial charge in [0, 0.05) is 0 Å². The third kappa shape index (κ3) is 5.06. The summed E-state index contributed by atoms with van der Waals surface area (Å²) in [5.41, 5.74) is 1.80. The Kier molecular flexibility index (Phi) is 6.73. The maximum atomic E-state index is 13.2. The van der Waals surface area contributed by atoms with Crippen LogP contribution in [0.1, 0.15) is 54.6 Å². The molecule has 4 nitrogen and oxygen atoms in total. The van der Waals surface area contributed by atoms with Crippen molar-refractivity contribution in [1.82, 2.24) is 0 Å². The minimum atomic E-state index is -0.837. The van der Waals surface area contributed by atoms with E-state index in [1.165, 1.54) is 0 Å². The van der Waals surface area contributed by atoms with Crippen LogP contribution in [0, 0.1) is 18.3 Å². The van der Waals surface area contributed by atoms with Gasteiger partial charge in [-0.15, -0.1) is 0 Å². The summed E-state index contributed by atoms with van der Waals surface area (Å²) in [7, 11) is 0. The van der Waals surface area contributed by atoms with Gasteiger partial charge in [0.05, 0.1) is 12.2 Å². The normalized spacial score (nSPS) is 21.2. The Labute approximate surface area is 173 Å². The highest BCUT2D eigenvalue weighted by molar-refractivity contribution is 5.90. The molecule has 3 rings (SSSR count). The van der Waals surface area contributed by atoms with Gasteiger partial charge in [-0.3, -0.25) is 4.79 Å². The number of rotatable bonds is 7. The zero-order valence-electron chi connectivity index (χ0n) is 17.5. The molecule has 4 heteroatoms. The lowest BCUT2D eigenvalue weighted by Gasteiger charge is -2.33. The molecule has 154 valence electrons. The predicted octanol–water partition coefficient (Wildman–Crippen LogP) is 5.13. The van der Waals surface area contributed by atoms with Crippen molar-refractivity contribution in [1.29, 1.82) is 0 Å². The number of carbonyl (C=O) groups excluding carboxylic acids is 2. The first-order valence-electron chi connectivity index (χ1n) is 10.4. The lowest BCUT2D eigenvalue weighted by atomic mass is 9.78. The van der Waals surface area contributed by atoms with Gasteiger partial charge in [-0.2, -0.15) is 0 Å². The first-order valence-corrected chi connectivity index (χ1v) is 10.4. The molecule has 2 aromatic carbocycles. The van der Waals surface area contributed by atoms with Gasteiger partial charge in [0.15, 0.2) is 0 Å². The van der Waals surface area contributed by atoms with Gasteiger partial charge in [0.2, 0.25) is 0 Å². The maximum absolute atomic E-state index is 13.2. The third-order valence-corrected chi connectivity index (χ3v) is 5.56. The molecule has 0 aromatic heterocycles. The average molecular weight is 395 g/mol. The summed E-state index contributed by atoms with van der Waals surface area (Å²) in [4.78, 5) is 26.0. The Morgan fingerprint density at radius 2 is 1.76 bits per heavy atom. The summed E-state index contributed by atoms with van der Waals surface area (Å²) < 4.78 is 11.6. The van der Waals surface area contributed by atoms with E-state index in [-0.39, 0.29) is 17.9 Å². The first kappa shape index (κ1) is 21.1. The Morgan fingerprint density at radius 1 is 1.07 bits per heavy atom. The van der Waals surface area contributed by atoms with Crippen LogP contribution in [0.15, 0.2) is 54.6 Å². The van der Waals surface area contributed by atoms with Gasteiger partial charge in [-0.1, -0.05) is 61.9 Å². The van der Waals surface area contributed by atoms with Gasteiger partial charge in [0.25, 0.3) is 0 Å². The lowest BCUT2D eigenvalue weighted by molar-refractivity contribution is -0.162. The van der Waals surface area contributed by atoms with Crippen molar-refractivity contribution in [3.63, 3.8) is 0 Å². The first-order chi connectivity index (χ1) is 13.9. The monoisotopic (exact) mass is 394 g/mol. The van der Waals surface area contributed by atoms with Gasteiger partial charge in [-0.05, 0) is 56.2 Å². The van der Waals surface area contributed by atoms with E-state index in [0.29, 0.717) is 31.4 Å². The average Bonchev–Trinajstić information content (AvgIpc) is 3.10. The number of esters is 2. The van der Waals surface area contributed by atoms with E-state index in [1.54, 1.807) is 12.1 Å². The van der Waals surface area contributed by atoms with E-state index in [4.69, 9.17) is 9.47 Å². The molecule has 0 amide bonds. The highest BCUT2D eigenvalue weighted by atomic mass is 16.6. The number of hydrogen-bond donors (Lipinski definition) is 0. The minimum absolute atomic E-state index is 0.252. The fourth-order valence-electron chi connectivity index (χ4n) is 3.95. The smallest absolute Gasteiger partial charge is 0.338 e. The van der Waals surface area contributed by atoms with Crippen LogP contribution < -0.4 is 0 Å². The molecule has 1 saturated carbocycles. The third-order valence-electron chi connectivity index (χ3n) is 5.56.